The lowest BCUT2D eigenvalue weighted by molar-refractivity contribution is -0.149. The molecule has 1 aromatic rings. The van der Waals surface area contributed by atoms with Gasteiger partial charge < -0.3 is 30.0 Å². The standard InChI is InChI=1S/C25H38N2O8S/c1-24(2,18-25(3,4)22(30)31)21(29)27-10-12-33-13-14-34-17-20(28)26-11-15-36-23(32)35-16-19-8-6-5-7-9-19/h5-9H,10-18H2,1-4H3,(H,26,28)(H,27,29)(H,30,31). The van der Waals surface area contributed by atoms with Crippen LogP contribution in [0, 0.1) is 10.8 Å². The molecule has 0 radical (unpaired) electrons. The minimum absolute atomic E-state index is 0.128. The van der Waals surface area contributed by atoms with Gasteiger partial charge in [-0.15, -0.1) is 0 Å². The van der Waals surface area contributed by atoms with Gasteiger partial charge in [0, 0.05) is 24.3 Å². The van der Waals surface area contributed by atoms with Crippen LogP contribution in [0.1, 0.15) is 39.7 Å². The van der Waals surface area contributed by atoms with Crippen molar-refractivity contribution in [3.8, 4) is 0 Å². The fourth-order valence-electron chi connectivity index (χ4n) is 3.26. The molecule has 10 nitrogen and oxygen atoms in total. The number of rotatable bonds is 17. The molecule has 0 aliphatic carbocycles. The highest BCUT2D eigenvalue weighted by Crippen LogP contribution is 2.34. The van der Waals surface area contributed by atoms with Crippen LogP contribution >= 0.6 is 11.8 Å². The minimum atomic E-state index is -1.01. The first-order valence-corrected chi connectivity index (χ1v) is 12.7. The van der Waals surface area contributed by atoms with Crippen LogP contribution in [0.15, 0.2) is 30.3 Å². The second-order valence-electron chi connectivity index (χ2n) is 9.39. The molecule has 0 aliphatic heterocycles. The highest BCUT2D eigenvalue weighted by molar-refractivity contribution is 8.13. The van der Waals surface area contributed by atoms with E-state index in [2.05, 4.69) is 10.6 Å². The lowest BCUT2D eigenvalue weighted by Gasteiger charge is -2.31. The number of benzene rings is 1. The number of carbonyl (C=O) groups excluding carboxylic acids is 3. The highest BCUT2D eigenvalue weighted by Gasteiger charge is 2.38. The van der Waals surface area contributed by atoms with Crippen molar-refractivity contribution >= 4 is 34.8 Å². The Kier molecular flexibility index (Phi) is 14.1. The Bertz CT molecular complexity index is 846. The van der Waals surface area contributed by atoms with Crippen LogP contribution in [0.25, 0.3) is 0 Å². The number of ether oxygens (including phenoxy) is 3. The van der Waals surface area contributed by atoms with E-state index in [0.29, 0.717) is 12.3 Å². The molecule has 0 fully saturated rings. The van der Waals surface area contributed by atoms with E-state index in [1.54, 1.807) is 27.7 Å². The number of carbonyl (C=O) groups is 4. The van der Waals surface area contributed by atoms with Crippen LogP contribution in [0.2, 0.25) is 0 Å². The number of carboxylic acid groups (broad SMARTS) is 1. The van der Waals surface area contributed by atoms with Crippen molar-refractivity contribution in [1.82, 2.24) is 10.6 Å². The maximum atomic E-state index is 12.4. The van der Waals surface area contributed by atoms with Gasteiger partial charge in [0.2, 0.25) is 11.8 Å². The van der Waals surface area contributed by atoms with Crippen molar-refractivity contribution in [2.45, 2.75) is 40.7 Å². The molecule has 11 heteroatoms. The monoisotopic (exact) mass is 526 g/mol. The summed E-state index contributed by atoms with van der Waals surface area (Å²) in [6.45, 7) is 8.01. The van der Waals surface area contributed by atoms with Gasteiger partial charge in [0.1, 0.15) is 13.2 Å². The van der Waals surface area contributed by atoms with Crippen LogP contribution in [0.5, 0.6) is 0 Å². The Labute approximate surface area is 216 Å². The number of hydrogen-bond acceptors (Lipinski definition) is 8. The summed E-state index contributed by atoms with van der Waals surface area (Å²) in [6.07, 6.45) is 0.203. The van der Waals surface area contributed by atoms with E-state index in [1.165, 1.54) is 0 Å². The molecule has 0 aliphatic rings. The van der Waals surface area contributed by atoms with Gasteiger partial charge in [0.25, 0.3) is 0 Å². The second kappa shape index (κ2) is 16.2. The zero-order valence-corrected chi connectivity index (χ0v) is 22.3. The van der Waals surface area contributed by atoms with Crippen LogP contribution < -0.4 is 10.6 Å². The predicted molar refractivity (Wildman–Crippen MR) is 137 cm³/mol. The van der Waals surface area contributed by atoms with Crippen LogP contribution in [-0.2, 0) is 35.2 Å². The summed E-state index contributed by atoms with van der Waals surface area (Å²) in [5.41, 5.74) is -0.931. The average molecular weight is 527 g/mol. The first-order valence-electron chi connectivity index (χ1n) is 11.7. The van der Waals surface area contributed by atoms with Crippen LogP contribution in [-0.4, -0.2) is 73.5 Å². The second-order valence-corrected chi connectivity index (χ2v) is 10.4. The molecule has 0 aromatic heterocycles. The van der Waals surface area contributed by atoms with E-state index in [1.807, 2.05) is 30.3 Å². The lowest BCUT2D eigenvalue weighted by Crippen LogP contribution is -2.42. The maximum absolute atomic E-state index is 12.4. The summed E-state index contributed by atoms with van der Waals surface area (Å²) < 4.78 is 15.8. The molecule has 2 amide bonds. The highest BCUT2D eigenvalue weighted by atomic mass is 32.2. The van der Waals surface area contributed by atoms with E-state index < -0.39 is 22.1 Å². The van der Waals surface area contributed by atoms with Gasteiger partial charge in [-0.3, -0.25) is 14.4 Å². The molecule has 0 unspecified atom stereocenters. The van der Waals surface area contributed by atoms with Gasteiger partial charge in [-0.1, -0.05) is 44.2 Å². The number of carboxylic acids is 1. The van der Waals surface area contributed by atoms with Gasteiger partial charge in [0.15, 0.2) is 0 Å². The van der Waals surface area contributed by atoms with Gasteiger partial charge >= 0.3 is 11.3 Å². The molecule has 0 atom stereocenters. The predicted octanol–water partition coefficient (Wildman–Crippen LogP) is 2.85. The van der Waals surface area contributed by atoms with Crippen molar-refractivity contribution in [3.05, 3.63) is 35.9 Å². The summed E-state index contributed by atoms with van der Waals surface area (Å²) in [6, 6.07) is 9.37. The third-order valence-corrected chi connectivity index (χ3v) is 5.82. The molecule has 0 saturated carbocycles. The molecule has 3 N–H and O–H groups in total. The molecule has 1 aromatic carbocycles. The Morgan fingerprint density at radius 3 is 2.22 bits per heavy atom. The fourth-order valence-corrected chi connectivity index (χ4v) is 3.77. The quantitative estimate of drug-likeness (QED) is 0.206. The van der Waals surface area contributed by atoms with E-state index in [4.69, 9.17) is 14.2 Å². The summed E-state index contributed by atoms with van der Waals surface area (Å²) in [7, 11) is 0. The van der Waals surface area contributed by atoms with E-state index >= 15 is 0 Å². The molecule has 0 heterocycles. The van der Waals surface area contributed by atoms with Crippen molar-refractivity contribution in [1.29, 1.82) is 0 Å². The van der Waals surface area contributed by atoms with Crippen molar-refractivity contribution in [2.75, 3.05) is 45.3 Å². The zero-order valence-electron chi connectivity index (χ0n) is 21.5. The number of nitrogens with one attached hydrogen (secondary N) is 2. The fraction of sp³-hybridized carbons (Fsp3) is 0.600. The molecule has 36 heavy (non-hydrogen) atoms. The number of amides is 2. The van der Waals surface area contributed by atoms with Crippen LogP contribution in [0.3, 0.4) is 0 Å². The summed E-state index contributed by atoms with van der Waals surface area (Å²) in [5.74, 6) is -1.10. The van der Waals surface area contributed by atoms with E-state index in [9.17, 15) is 24.3 Å². The van der Waals surface area contributed by atoms with E-state index in [0.717, 1.165) is 17.3 Å². The Balaban J connectivity index is 2.01. The molecule has 0 saturated heterocycles. The van der Waals surface area contributed by atoms with Crippen molar-refractivity contribution < 1.29 is 38.5 Å². The first-order chi connectivity index (χ1) is 16.9. The minimum Gasteiger partial charge on any atom is -0.481 e. The summed E-state index contributed by atoms with van der Waals surface area (Å²) >= 11 is 0.992. The van der Waals surface area contributed by atoms with Gasteiger partial charge in [-0.05, 0) is 37.6 Å². The summed E-state index contributed by atoms with van der Waals surface area (Å²) in [4.78, 5) is 47.1. The van der Waals surface area contributed by atoms with E-state index in [-0.39, 0.29) is 57.8 Å². The zero-order chi connectivity index (χ0) is 27.0. The Morgan fingerprint density at radius 2 is 1.56 bits per heavy atom. The average Bonchev–Trinajstić information content (AvgIpc) is 2.82. The van der Waals surface area contributed by atoms with Crippen LogP contribution in [0.4, 0.5) is 4.79 Å². The third kappa shape index (κ3) is 13.5. The molecular weight excluding hydrogens is 488 g/mol. The maximum Gasteiger partial charge on any atom is 0.367 e. The topological polar surface area (TPSA) is 140 Å². The van der Waals surface area contributed by atoms with Gasteiger partial charge in [0.05, 0.1) is 25.2 Å². The molecule has 1 rings (SSSR count). The molecule has 0 spiro atoms. The Morgan fingerprint density at radius 1 is 0.889 bits per heavy atom. The Hall–Kier alpha value is -2.63. The SMILES string of the molecule is CC(C)(CC(C)(C)C(=O)NCCOCCOCC(=O)NCCSC(=O)OCc1ccccc1)C(=O)O. The van der Waals surface area contributed by atoms with Gasteiger partial charge in [-0.2, -0.15) is 0 Å². The number of hydrogen-bond donors (Lipinski definition) is 3. The molecule has 202 valence electrons. The third-order valence-electron chi connectivity index (χ3n) is 5.06. The van der Waals surface area contributed by atoms with Gasteiger partial charge in [-0.25, -0.2) is 4.79 Å². The normalized spacial score (nSPS) is 11.6. The molecular formula is C25H38N2O8S. The largest absolute Gasteiger partial charge is 0.481 e. The van der Waals surface area contributed by atoms with Crippen molar-refractivity contribution in [3.63, 3.8) is 0 Å². The molecule has 0 bridgehead atoms. The van der Waals surface area contributed by atoms with Crippen molar-refractivity contribution in [2.24, 2.45) is 10.8 Å². The number of thioether (sulfide) groups is 1. The lowest BCUT2D eigenvalue weighted by atomic mass is 9.74. The smallest absolute Gasteiger partial charge is 0.367 e. The first kappa shape index (κ1) is 31.4. The summed E-state index contributed by atoms with van der Waals surface area (Å²) in [5, 5.41) is 14.3. The number of aliphatic carboxylic acids is 1.